The molecule has 1 atom stereocenters. The van der Waals surface area contributed by atoms with Gasteiger partial charge >= 0.3 is 0 Å². The number of hydrogen-bond donors (Lipinski definition) is 1. The van der Waals surface area contributed by atoms with Crippen LogP contribution in [0, 0.1) is 0 Å². The quantitative estimate of drug-likeness (QED) is 0.743. The average Bonchev–Trinajstić information content (AvgIpc) is 2.47. The van der Waals surface area contributed by atoms with Crippen LogP contribution in [0.25, 0.3) is 0 Å². The molecule has 1 aliphatic carbocycles. The lowest BCUT2D eigenvalue weighted by atomic mass is 10.1. The van der Waals surface area contributed by atoms with Crippen molar-refractivity contribution >= 4 is 0 Å². The zero-order valence-electron chi connectivity index (χ0n) is 7.92. The maximum atomic E-state index is 5.89. The van der Waals surface area contributed by atoms with E-state index in [0.29, 0.717) is 0 Å². The number of fused-ring (bicyclic) bond motifs is 1. The van der Waals surface area contributed by atoms with Gasteiger partial charge in [-0.1, -0.05) is 12.1 Å². The van der Waals surface area contributed by atoms with Crippen molar-refractivity contribution in [2.45, 2.75) is 25.8 Å². The monoisotopic (exact) mass is 177 g/mol. The zero-order chi connectivity index (χ0) is 9.26. The molecule has 1 aliphatic rings. The Kier molecular flexibility index (Phi) is 2.23. The van der Waals surface area contributed by atoms with E-state index >= 15 is 0 Å². The van der Waals surface area contributed by atoms with Crippen molar-refractivity contribution in [1.82, 2.24) is 0 Å². The number of rotatable bonds is 2. The summed E-state index contributed by atoms with van der Waals surface area (Å²) in [6, 6.07) is 6.50. The Morgan fingerprint density at radius 3 is 3.08 bits per heavy atom. The predicted molar refractivity (Wildman–Crippen MR) is 53.0 cm³/mol. The predicted octanol–water partition coefficient (Wildman–Crippen LogP) is 1.51. The number of hydrogen-bond acceptors (Lipinski definition) is 2. The smallest absolute Gasteiger partial charge is 0.122 e. The van der Waals surface area contributed by atoms with Gasteiger partial charge in [0.25, 0.3) is 0 Å². The first kappa shape index (κ1) is 8.57. The van der Waals surface area contributed by atoms with Gasteiger partial charge in [-0.05, 0) is 37.0 Å². The van der Waals surface area contributed by atoms with Crippen molar-refractivity contribution in [2.75, 3.05) is 6.61 Å². The third-order valence-corrected chi connectivity index (χ3v) is 2.48. The van der Waals surface area contributed by atoms with E-state index < -0.39 is 0 Å². The van der Waals surface area contributed by atoms with Crippen LogP contribution in [0.3, 0.4) is 0 Å². The van der Waals surface area contributed by atoms with E-state index in [-0.39, 0.29) is 6.04 Å². The van der Waals surface area contributed by atoms with E-state index in [1.54, 1.807) is 0 Å². The summed E-state index contributed by atoms with van der Waals surface area (Å²) in [6.07, 6.45) is 1.96. The van der Waals surface area contributed by atoms with E-state index in [1.807, 2.05) is 19.1 Å². The molecule has 0 saturated carbocycles. The second kappa shape index (κ2) is 3.38. The van der Waals surface area contributed by atoms with Crippen LogP contribution in [0.2, 0.25) is 0 Å². The molecule has 0 aliphatic heterocycles. The van der Waals surface area contributed by atoms with Crippen LogP contribution < -0.4 is 10.5 Å². The summed E-state index contributed by atoms with van der Waals surface area (Å²) in [5.74, 6) is 1.02. The van der Waals surface area contributed by atoms with Gasteiger partial charge in [-0.2, -0.15) is 0 Å². The van der Waals surface area contributed by atoms with Gasteiger partial charge in [0.1, 0.15) is 5.75 Å². The largest absolute Gasteiger partial charge is 0.494 e. The average molecular weight is 177 g/mol. The number of benzene rings is 1. The Labute approximate surface area is 78.7 Å². The van der Waals surface area contributed by atoms with Gasteiger partial charge in [-0.3, -0.25) is 0 Å². The third-order valence-electron chi connectivity index (χ3n) is 2.48. The lowest BCUT2D eigenvalue weighted by Crippen LogP contribution is -2.19. The van der Waals surface area contributed by atoms with Crippen molar-refractivity contribution < 1.29 is 4.74 Å². The lowest BCUT2D eigenvalue weighted by Gasteiger charge is -2.08. The summed E-state index contributed by atoms with van der Waals surface area (Å²) in [7, 11) is 0. The molecule has 13 heavy (non-hydrogen) atoms. The molecule has 0 fully saturated rings. The summed E-state index contributed by atoms with van der Waals surface area (Å²) < 4.78 is 5.54. The molecule has 0 heterocycles. The SMILES string of the molecule is CCOc1cccc2c1CC(N)C2. The molecule has 2 rings (SSSR count). The topological polar surface area (TPSA) is 35.2 Å². The first-order chi connectivity index (χ1) is 6.31. The fourth-order valence-corrected chi connectivity index (χ4v) is 1.94. The van der Waals surface area contributed by atoms with Crippen LogP contribution >= 0.6 is 0 Å². The Hall–Kier alpha value is -1.02. The molecule has 0 saturated heterocycles. The first-order valence-electron chi connectivity index (χ1n) is 4.80. The highest BCUT2D eigenvalue weighted by Gasteiger charge is 2.20. The summed E-state index contributed by atoms with van der Waals surface area (Å²) >= 11 is 0. The van der Waals surface area contributed by atoms with E-state index in [4.69, 9.17) is 10.5 Å². The van der Waals surface area contributed by atoms with Gasteiger partial charge in [0.05, 0.1) is 6.61 Å². The van der Waals surface area contributed by atoms with Crippen molar-refractivity contribution in [3.05, 3.63) is 29.3 Å². The normalized spacial score (nSPS) is 20.0. The van der Waals surface area contributed by atoms with Crippen LogP contribution in [-0.2, 0) is 12.8 Å². The molecule has 70 valence electrons. The van der Waals surface area contributed by atoms with Gasteiger partial charge in [0, 0.05) is 6.04 Å². The molecular formula is C11H15NO. The molecule has 0 aromatic heterocycles. The maximum absolute atomic E-state index is 5.89. The standard InChI is InChI=1S/C11H15NO/c1-2-13-11-5-3-4-8-6-9(12)7-10(8)11/h3-5,9H,2,6-7,12H2,1H3. The maximum Gasteiger partial charge on any atom is 0.122 e. The van der Waals surface area contributed by atoms with Crippen molar-refractivity contribution in [1.29, 1.82) is 0 Å². The summed E-state index contributed by atoms with van der Waals surface area (Å²) in [6.45, 7) is 2.74. The van der Waals surface area contributed by atoms with Gasteiger partial charge in [0.2, 0.25) is 0 Å². The van der Waals surface area contributed by atoms with E-state index in [0.717, 1.165) is 25.2 Å². The van der Waals surface area contributed by atoms with Crippen LogP contribution in [0.4, 0.5) is 0 Å². The Morgan fingerprint density at radius 2 is 2.31 bits per heavy atom. The molecule has 0 bridgehead atoms. The van der Waals surface area contributed by atoms with Crippen molar-refractivity contribution in [3.63, 3.8) is 0 Å². The fraction of sp³-hybridized carbons (Fsp3) is 0.455. The summed E-state index contributed by atoms with van der Waals surface area (Å²) in [5, 5.41) is 0. The molecule has 1 aromatic carbocycles. The molecule has 2 heteroatoms. The van der Waals surface area contributed by atoms with Crippen molar-refractivity contribution in [3.8, 4) is 5.75 Å². The molecule has 0 radical (unpaired) electrons. The second-order valence-electron chi connectivity index (χ2n) is 3.50. The minimum Gasteiger partial charge on any atom is -0.494 e. The minimum absolute atomic E-state index is 0.289. The van der Waals surface area contributed by atoms with Gasteiger partial charge in [-0.15, -0.1) is 0 Å². The highest BCUT2D eigenvalue weighted by Crippen LogP contribution is 2.29. The van der Waals surface area contributed by atoms with Crippen LogP contribution in [0.5, 0.6) is 5.75 Å². The molecule has 0 amide bonds. The van der Waals surface area contributed by atoms with Gasteiger partial charge in [0.15, 0.2) is 0 Å². The molecule has 0 spiro atoms. The lowest BCUT2D eigenvalue weighted by molar-refractivity contribution is 0.336. The molecule has 1 aromatic rings. The van der Waals surface area contributed by atoms with Crippen molar-refractivity contribution in [2.24, 2.45) is 5.73 Å². The first-order valence-corrected chi connectivity index (χ1v) is 4.80. The third kappa shape index (κ3) is 1.54. The number of nitrogens with two attached hydrogens (primary N) is 1. The molecular weight excluding hydrogens is 162 g/mol. The molecule has 2 N–H and O–H groups in total. The Balaban J connectivity index is 2.34. The fourth-order valence-electron chi connectivity index (χ4n) is 1.94. The molecule has 2 nitrogen and oxygen atoms in total. The highest BCUT2D eigenvalue weighted by atomic mass is 16.5. The minimum atomic E-state index is 0.289. The van der Waals surface area contributed by atoms with E-state index in [1.165, 1.54) is 11.1 Å². The van der Waals surface area contributed by atoms with Gasteiger partial charge in [-0.25, -0.2) is 0 Å². The van der Waals surface area contributed by atoms with Crippen LogP contribution in [-0.4, -0.2) is 12.6 Å². The van der Waals surface area contributed by atoms with Crippen LogP contribution in [0.15, 0.2) is 18.2 Å². The van der Waals surface area contributed by atoms with Crippen LogP contribution in [0.1, 0.15) is 18.1 Å². The Morgan fingerprint density at radius 1 is 1.46 bits per heavy atom. The summed E-state index contributed by atoms with van der Waals surface area (Å²) in [4.78, 5) is 0. The second-order valence-corrected chi connectivity index (χ2v) is 3.50. The Bertz CT molecular complexity index is 309. The zero-order valence-corrected chi connectivity index (χ0v) is 7.92. The molecule has 1 unspecified atom stereocenters. The highest BCUT2D eigenvalue weighted by molar-refractivity contribution is 5.44. The van der Waals surface area contributed by atoms with E-state index in [9.17, 15) is 0 Å². The van der Waals surface area contributed by atoms with Gasteiger partial charge < -0.3 is 10.5 Å². The summed E-state index contributed by atoms with van der Waals surface area (Å²) in [5.41, 5.74) is 8.57. The van der Waals surface area contributed by atoms with E-state index in [2.05, 4.69) is 6.07 Å². The number of ether oxygens (including phenoxy) is 1.